The topological polar surface area (TPSA) is 46.9 Å². The van der Waals surface area contributed by atoms with Gasteiger partial charge in [0.05, 0.1) is 17.7 Å². The third-order valence-electron chi connectivity index (χ3n) is 4.97. The Kier molecular flexibility index (Phi) is 4.72. The molecule has 1 N–H and O–H groups in total. The zero-order valence-corrected chi connectivity index (χ0v) is 15.6. The van der Waals surface area contributed by atoms with Crippen LogP contribution >= 0.6 is 22.7 Å². The van der Waals surface area contributed by atoms with Crippen molar-refractivity contribution in [3.8, 4) is 11.3 Å². The molecule has 1 fully saturated rings. The third kappa shape index (κ3) is 3.28. The molecule has 0 unspecified atom stereocenters. The lowest BCUT2D eigenvalue weighted by Crippen LogP contribution is -2.43. The van der Waals surface area contributed by atoms with E-state index in [1.54, 1.807) is 22.7 Å². The van der Waals surface area contributed by atoms with Gasteiger partial charge in [-0.25, -0.2) is 0 Å². The number of hydrogen-bond donors (Lipinski definition) is 1. The fourth-order valence-electron chi connectivity index (χ4n) is 3.62. The van der Waals surface area contributed by atoms with Gasteiger partial charge in [0.1, 0.15) is 0 Å². The van der Waals surface area contributed by atoms with Crippen LogP contribution in [-0.4, -0.2) is 22.2 Å². The summed E-state index contributed by atoms with van der Waals surface area (Å²) in [6.07, 6.45) is 6.17. The van der Waals surface area contributed by atoms with Gasteiger partial charge >= 0.3 is 0 Å². The highest BCUT2D eigenvalue weighted by atomic mass is 32.1. The number of nitrogens with zero attached hydrogens (tertiary/aromatic N) is 2. The lowest BCUT2D eigenvalue weighted by Gasteiger charge is -2.26. The van der Waals surface area contributed by atoms with E-state index in [9.17, 15) is 4.79 Å². The Morgan fingerprint density at radius 1 is 1.24 bits per heavy atom. The molecule has 4 rings (SSSR count). The van der Waals surface area contributed by atoms with Gasteiger partial charge in [-0.3, -0.25) is 9.48 Å². The van der Waals surface area contributed by atoms with E-state index < -0.39 is 0 Å². The minimum Gasteiger partial charge on any atom is -0.353 e. The van der Waals surface area contributed by atoms with Gasteiger partial charge in [-0.05, 0) is 41.8 Å². The van der Waals surface area contributed by atoms with Crippen molar-refractivity contribution in [2.24, 2.45) is 0 Å². The summed E-state index contributed by atoms with van der Waals surface area (Å²) in [4.78, 5) is 14.1. The van der Waals surface area contributed by atoms with Crippen LogP contribution in [0.5, 0.6) is 0 Å². The standard InChI is InChI=1S/C19H21N3OS2/c23-18(19(7-1-2-8-19)17-4-3-12-25-17)20-9-11-22-10-5-16(21-22)15-6-13-24-14-15/h3-6,10,12-14H,1-2,7-9,11H2,(H,20,23). The third-order valence-corrected chi connectivity index (χ3v) is 6.73. The molecule has 0 saturated heterocycles. The minimum absolute atomic E-state index is 0.178. The summed E-state index contributed by atoms with van der Waals surface area (Å²) in [7, 11) is 0. The molecule has 0 radical (unpaired) electrons. The SMILES string of the molecule is O=C(NCCn1ccc(-c2ccsc2)n1)C1(c2cccs2)CCCC1. The van der Waals surface area contributed by atoms with Gasteiger partial charge in [0, 0.05) is 28.6 Å². The monoisotopic (exact) mass is 371 g/mol. The number of hydrogen-bond acceptors (Lipinski definition) is 4. The summed E-state index contributed by atoms with van der Waals surface area (Å²) < 4.78 is 1.90. The largest absolute Gasteiger partial charge is 0.353 e. The zero-order valence-electron chi connectivity index (χ0n) is 14.0. The second-order valence-electron chi connectivity index (χ2n) is 6.50. The van der Waals surface area contributed by atoms with Gasteiger partial charge in [0.2, 0.25) is 5.91 Å². The molecule has 3 heterocycles. The summed E-state index contributed by atoms with van der Waals surface area (Å²) in [6.45, 7) is 1.30. The van der Waals surface area contributed by atoms with E-state index in [1.807, 2.05) is 23.0 Å². The Hall–Kier alpha value is -1.92. The molecule has 1 saturated carbocycles. The van der Waals surface area contributed by atoms with Crippen LogP contribution in [0.25, 0.3) is 11.3 Å². The average Bonchev–Trinajstić information content (AvgIpc) is 3.43. The van der Waals surface area contributed by atoms with Crippen molar-refractivity contribution in [2.45, 2.75) is 37.6 Å². The summed E-state index contributed by atoms with van der Waals surface area (Å²) in [5.74, 6) is 0.178. The van der Waals surface area contributed by atoms with Crippen LogP contribution in [0.4, 0.5) is 0 Å². The lowest BCUT2D eigenvalue weighted by molar-refractivity contribution is -0.126. The number of carbonyl (C=O) groups excluding carboxylic acids is 1. The quantitative estimate of drug-likeness (QED) is 0.702. The van der Waals surface area contributed by atoms with Crippen molar-refractivity contribution in [3.63, 3.8) is 0 Å². The number of rotatable bonds is 6. The number of amides is 1. The van der Waals surface area contributed by atoms with Gasteiger partial charge < -0.3 is 5.32 Å². The Labute approximate surface area is 155 Å². The molecule has 1 amide bonds. The summed E-state index contributed by atoms with van der Waals surface area (Å²) in [5, 5.41) is 14.0. The molecule has 0 bridgehead atoms. The first-order valence-electron chi connectivity index (χ1n) is 8.66. The average molecular weight is 372 g/mol. The van der Waals surface area contributed by atoms with Crippen LogP contribution in [-0.2, 0) is 16.8 Å². The molecule has 3 aromatic heterocycles. The first kappa shape index (κ1) is 16.5. The maximum atomic E-state index is 12.9. The normalized spacial score (nSPS) is 16.2. The predicted octanol–water partition coefficient (Wildman–Crippen LogP) is 4.30. The fourth-order valence-corrected chi connectivity index (χ4v) is 5.25. The number of thiophene rings is 2. The molecule has 1 aliphatic carbocycles. The molecule has 4 nitrogen and oxygen atoms in total. The Morgan fingerprint density at radius 2 is 2.12 bits per heavy atom. The van der Waals surface area contributed by atoms with Gasteiger partial charge in [-0.2, -0.15) is 16.4 Å². The lowest BCUT2D eigenvalue weighted by atomic mass is 9.83. The molecule has 0 spiro atoms. The van der Waals surface area contributed by atoms with Gasteiger partial charge in [0.25, 0.3) is 0 Å². The van der Waals surface area contributed by atoms with Crippen LogP contribution in [0.15, 0.2) is 46.6 Å². The van der Waals surface area contributed by atoms with Crippen molar-refractivity contribution in [1.82, 2.24) is 15.1 Å². The molecule has 1 aliphatic rings. The van der Waals surface area contributed by atoms with Crippen molar-refractivity contribution >= 4 is 28.6 Å². The zero-order chi connectivity index (χ0) is 17.1. The summed E-state index contributed by atoms with van der Waals surface area (Å²) in [5.41, 5.74) is 1.83. The van der Waals surface area contributed by atoms with Crippen molar-refractivity contribution < 1.29 is 4.79 Å². The van der Waals surface area contributed by atoms with Crippen LogP contribution < -0.4 is 5.32 Å². The van der Waals surface area contributed by atoms with Crippen LogP contribution in [0.2, 0.25) is 0 Å². The minimum atomic E-state index is -0.305. The fraction of sp³-hybridized carbons (Fsp3) is 0.368. The van der Waals surface area contributed by atoms with Crippen molar-refractivity contribution in [1.29, 1.82) is 0 Å². The molecular formula is C19H21N3OS2. The van der Waals surface area contributed by atoms with E-state index in [4.69, 9.17) is 0 Å². The highest BCUT2D eigenvalue weighted by Crippen LogP contribution is 2.43. The second kappa shape index (κ2) is 7.14. The molecule has 0 aliphatic heterocycles. The van der Waals surface area contributed by atoms with Gasteiger partial charge in [-0.1, -0.05) is 18.9 Å². The second-order valence-corrected chi connectivity index (χ2v) is 8.23. The highest BCUT2D eigenvalue weighted by molar-refractivity contribution is 7.10. The predicted molar refractivity (Wildman–Crippen MR) is 103 cm³/mol. The van der Waals surface area contributed by atoms with E-state index in [-0.39, 0.29) is 11.3 Å². The van der Waals surface area contributed by atoms with Crippen LogP contribution in [0.3, 0.4) is 0 Å². The molecule has 130 valence electrons. The molecular weight excluding hydrogens is 350 g/mol. The Bertz CT molecular complexity index is 815. The Balaban J connectivity index is 1.37. The number of carbonyl (C=O) groups is 1. The van der Waals surface area contributed by atoms with Crippen molar-refractivity contribution in [3.05, 3.63) is 51.5 Å². The van der Waals surface area contributed by atoms with E-state index in [2.05, 4.69) is 38.7 Å². The smallest absolute Gasteiger partial charge is 0.231 e. The van der Waals surface area contributed by atoms with E-state index in [0.29, 0.717) is 13.1 Å². The van der Waals surface area contributed by atoms with Crippen molar-refractivity contribution in [2.75, 3.05) is 6.54 Å². The molecule has 3 aromatic rings. The summed E-state index contributed by atoms with van der Waals surface area (Å²) in [6, 6.07) is 8.25. The van der Waals surface area contributed by atoms with E-state index >= 15 is 0 Å². The maximum Gasteiger partial charge on any atom is 0.231 e. The molecule has 0 atom stereocenters. The number of aromatic nitrogens is 2. The maximum absolute atomic E-state index is 12.9. The summed E-state index contributed by atoms with van der Waals surface area (Å²) >= 11 is 3.37. The molecule has 25 heavy (non-hydrogen) atoms. The number of nitrogens with one attached hydrogen (secondary N) is 1. The highest BCUT2D eigenvalue weighted by Gasteiger charge is 2.43. The first-order valence-corrected chi connectivity index (χ1v) is 10.5. The van der Waals surface area contributed by atoms with Gasteiger partial charge in [-0.15, -0.1) is 11.3 Å². The van der Waals surface area contributed by atoms with Crippen LogP contribution in [0, 0.1) is 0 Å². The Morgan fingerprint density at radius 3 is 2.84 bits per heavy atom. The van der Waals surface area contributed by atoms with Gasteiger partial charge in [0.15, 0.2) is 0 Å². The molecule has 0 aromatic carbocycles. The van der Waals surface area contributed by atoms with E-state index in [1.165, 1.54) is 4.88 Å². The molecule has 6 heteroatoms. The van der Waals surface area contributed by atoms with E-state index in [0.717, 1.165) is 36.9 Å². The first-order chi connectivity index (χ1) is 12.3. The van der Waals surface area contributed by atoms with Crippen LogP contribution in [0.1, 0.15) is 30.6 Å².